The van der Waals surface area contributed by atoms with E-state index in [0.717, 1.165) is 22.7 Å². The number of carbonyl (C=O) groups is 1. The molecule has 0 bridgehead atoms. The van der Waals surface area contributed by atoms with Gasteiger partial charge in [0.15, 0.2) is 5.11 Å². The fourth-order valence-electron chi connectivity index (χ4n) is 3.50. The molecule has 2 unspecified atom stereocenters. The van der Waals surface area contributed by atoms with E-state index < -0.39 is 0 Å². The van der Waals surface area contributed by atoms with Gasteiger partial charge >= 0.3 is 0 Å². The van der Waals surface area contributed by atoms with E-state index in [1.165, 1.54) is 0 Å². The summed E-state index contributed by atoms with van der Waals surface area (Å²) in [5.41, 5.74) is 2.82. The number of aryl methyl sites for hydroxylation is 1. The normalized spacial score (nSPS) is 18.5. The molecule has 1 aromatic carbocycles. The number of thiocarbonyl (C=S) groups is 1. The molecule has 1 aliphatic rings. The summed E-state index contributed by atoms with van der Waals surface area (Å²) >= 11 is 5.58. The Morgan fingerprint density at radius 2 is 2.03 bits per heavy atom. The first-order chi connectivity index (χ1) is 14.1. The average molecular weight is 407 g/mol. The zero-order valence-electron chi connectivity index (χ0n) is 16.0. The van der Waals surface area contributed by atoms with Crippen molar-refractivity contribution in [3.63, 3.8) is 0 Å². The average Bonchev–Trinajstić information content (AvgIpc) is 3.36. The Hall–Kier alpha value is -3.19. The van der Waals surface area contributed by atoms with Gasteiger partial charge in [-0.3, -0.25) is 9.78 Å². The summed E-state index contributed by atoms with van der Waals surface area (Å²) in [4.78, 5) is 18.9. The van der Waals surface area contributed by atoms with Crippen LogP contribution in [0.3, 0.4) is 0 Å². The lowest BCUT2D eigenvalue weighted by Crippen LogP contribution is -2.32. The van der Waals surface area contributed by atoms with Gasteiger partial charge in [-0.25, -0.2) is 0 Å². The van der Waals surface area contributed by atoms with E-state index in [9.17, 15) is 4.79 Å². The number of rotatable bonds is 6. The van der Waals surface area contributed by atoms with Crippen molar-refractivity contribution in [2.45, 2.75) is 25.4 Å². The fraction of sp³-hybridized carbons (Fsp3) is 0.227. The van der Waals surface area contributed by atoms with Crippen molar-refractivity contribution >= 4 is 28.9 Å². The maximum absolute atomic E-state index is 12.5. The van der Waals surface area contributed by atoms with Gasteiger partial charge in [-0.15, -0.1) is 0 Å². The second-order valence-corrected chi connectivity index (χ2v) is 7.39. The van der Waals surface area contributed by atoms with Crippen LogP contribution in [-0.2, 0) is 4.79 Å². The number of hydrogen-bond acceptors (Lipinski definition) is 4. The summed E-state index contributed by atoms with van der Waals surface area (Å²) in [6, 6.07) is 17.0. The zero-order chi connectivity index (χ0) is 20.2. The van der Waals surface area contributed by atoms with E-state index in [0.29, 0.717) is 18.1 Å². The van der Waals surface area contributed by atoms with Crippen molar-refractivity contribution in [1.82, 2.24) is 15.2 Å². The van der Waals surface area contributed by atoms with Crippen molar-refractivity contribution in [1.29, 1.82) is 0 Å². The largest absolute Gasteiger partial charge is 0.467 e. The van der Waals surface area contributed by atoms with E-state index in [-0.39, 0.29) is 18.0 Å². The third-order valence-electron chi connectivity index (χ3n) is 4.95. The Kier molecular flexibility index (Phi) is 5.57. The number of hydrogen-bond donors (Lipinski definition) is 2. The lowest BCUT2D eigenvalue weighted by Gasteiger charge is -2.25. The zero-order valence-corrected chi connectivity index (χ0v) is 16.9. The molecule has 148 valence electrons. The van der Waals surface area contributed by atoms with Gasteiger partial charge in [-0.2, -0.15) is 0 Å². The summed E-state index contributed by atoms with van der Waals surface area (Å²) in [6.45, 7) is 2.48. The quantitative estimate of drug-likeness (QED) is 0.604. The Bertz CT molecular complexity index is 974. The molecule has 1 amide bonds. The van der Waals surface area contributed by atoms with Crippen LogP contribution in [0.4, 0.5) is 5.69 Å². The topological polar surface area (TPSA) is 70.4 Å². The van der Waals surface area contributed by atoms with Crippen molar-refractivity contribution in [3.8, 4) is 0 Å². The highest BCUT2D eigenvalue weighted by Gasteiger charge is 2.41. The number of amides is 1. The Morgan fingerprint density at radius 1 is 1.21 bits per heavy atom. The summed E-state index contributed by atoms with van der Waals surface area (Å²) in [5.74, 6) is 0.725. The Labute approximate surface area is 174 Å². The third kappa shape index (κ3) is 4.30. The van der Waals surface area contributed by atoms with Crippen LogP contribution in [0.5, 0.6) is 0 Å². The molecular formula is C22H22N4O2S. The van der Waals surface area contributed by atoms with Crippen molar-refractivity contribution in [2.75, 3.05) is 11.9 Å². The number of nitrogens with zero attached hydrogens (tertiary/aromatic N) is 2. The van der Waals surface area contributed by atoms with Crippen molar-refractivity contribution < 1.29 is 9.21 Å². The molecule has 0 saturated carbocycles. The minimum atomic E-state index is -0.167. The van der Waals surface area contributed by atoms with Crippen LogP contribution in [0, 0.1) is 6.92 Å². The molecule has 1 saturated heterocycles. The van der Waals surface area contributed by atoms with Gasteiger partial charge in [0.2, 0.25) is 5.91 Å². The second-order valence-electron chi connectivity index (χ2n) is 7.00. The molecule has 4 rings (SSSR count). The molecule has 0 spiro atoms. The number of furan rings is 1. The lowest BCUT2D eigenvalue weighted by atomic mass is 10.0. The van der Waals surface area contributed by atoms with E-state index in [2.05, 4.69) is 15.6 Å². The van der Waals surface area contributed by atoms with Gasteiger partial charge in [0.25, 0.3) is 0 Å². The molecule has 0 radical (unpaired) electrons. The first-order valence-electron chi connectivity index (χ1n) is 9.50. The summed E-state index contributed by atoms with van der Waals surface area (Å²) < 4.78 is 5.69. The number of benzene rings is 1. The second kappa shape index (κ2) is 8.45. The minimum Gasteiger partial charge on any atom is -0.467 e. The van der Waals surface area contributed by atoms with Crippen LogP contribution in [0.2, 0.25) is 0 Å². The molecule has 3 aromatic rings. The molecule has 1 fully saturated rings. The van der Waals surface area contributed by atoms with Gasteiger partial charge < -0.3 is 20.0 Å². The van der Waals surface area contributed by atoms with Gasteiger partial charge in [0.05, 0.1) is 18.0 Å². The van der Waals surface area contributed by atoms with Gasteiger partial charge in [0.1, 0.15) is 11.8 Å². The number of carbonyl (C=O) groups excluding carboxylic acids is 1. The van der Waals surface area contributed by atoms with Crippen LogP contribution >= 0.6 is 12.2 Å². The molecule has 2 aromatic heterocycles. The first-order valence-corrected chi connectivity index (χ1v) is 9.90. The summed E-state index contributed by atoms with van der Waals surface area (Å²) in [5, 5.41) is 6.86. The highest BCUT2D eigenvalue weighted by molar-refractivity contribution is 7.80. The van der Waals surface area contributed by atoms with Crippen LogP contribution in [0.25, 0.3) is 0 Å². The maximum atomic E-state index is 12.5. The predicted octanol–water partition coefficient (Wildman–Crippen LogP) is 3.98. The molecule has 29 heavy (non-hydrogen) atoms. The molecule has 0 aliphatic carbocycles. The van der Waals surface area contributed by atoms with E-state index in [4.69, 9.17) is 16.6 Å². The van der Waals surface area contributed by atoms with Gasteiger partial charge in [0, 0.05) is 24.8 Å². The van der Waals surface area contributed by atoms with Gasteiger partial charge in [-0.1, -0.05) is 23.8 Å². The fourth-order valence-corrected chi connectivity index (χ4v) is 3.83. The monoisotopic (exact) mass is 406 g/mol. The van der Waals surface area contributed by atoms with Crippen LogP contribution in [0.1, 0.15) is 35.5 Å². The van der Waals surface area contributed by atoms with Gasteiger partial charge in [-0.05, 0) is 55.5 Å². The van der Waals surface area contributed by atoms with Crippen LogP contribution in [-0.4, -0.2) is 27.4 Å². The number of anilines is 1. The molecule has 2 N–H and O–H groups in total. The molecule has 1 aliphatic heterocycles. The highest BCUT2D eigenvalue weighted by atomic mass is 32.1. The molecule has 6 nitrogen and oxygen atoms in total. The van der Waals surface area contributed by atoms with Crippen molar-refractivity contribution in [3.05, 3.63) is 84.1 Å². The van der Waals surface area contributed by atoms with E-state index >= 15 is 0 Å². The third-order valence-corrected chi connectivity index (χ3v) is 5.30. The number of nitrogens with one attached hydrogen (secondary N) is 2. The predicted molar refractivity (Wildman–Crippen MR) is 115 cm³/mol. The number of aromatic nitrogens is 1. The molecule has 3 heterocycles. The maximum Gasteiger partial charge on any atom is 0.226 e. The minimum absolute atomic E-state index is 0.0591. The Morgan fingerprint density at radius 3 is 2.72 bits per heavy atom. The standard InChI is InChI=1S/C22H22N4O2S/c1-15-7-9-16(10-8-15)24-19(27)11-13-26-21(18-6-4-14-28-18)20(25-22(26)29)17-5-2-3-12-23-17/h2-10,12,14,20-21H,11,13H2,1H3,(H,24,27)(H,25,29). The molecule has 2 atom stereocenters. The van der Waals surface area contributed by atoms with E-state index in [1.54, 1.807) is 12.5 Å². The van der Waals surface area contributed by atoms with Crippen molar-refractivity contribution in [2.24, 2.45) is 0 Å². The first kappa shape index (κ1) is 19.1. The summed E-state index contributed by atoms with van der Waals surface area (Å²) in [6.07, 6.45) is 3.72. The Balaban J connectivity index is 1.48. The lowest BCUT2D eigenvalue weighted by molar-refractivity contribution is -0.116. The summed E-state index contributed by atoms with van der Waals surface area (Å²) in [7, 11) is 0. The molecular weight excluding hydrogens is 384 g/mol. The van der Waals surface area contributed by atoms with E-state index in [1.807, 2.05) is 66.4 Å². The highest BCUT2D eigenvalue weighted by Crippen LogP contribution is 2.38. The smallest absolute Gasteiger partial charge is 0.226 e. The molecule has 7 heteroatoms. The SMILES string of the molecule is Cc1ccc(NC(=O)CCN2C(=S)NC(c3ccccn3)C2c2ccco2)cc1. The number of pyridine rings is 1. The van der Waals surface area contributed by atoms with Crippen LogP contribution in [0.15, 0.2) is 71.5 Å². The van der Waals surface area contributed by atoms with Crippen LogP contribution < -0.4 is 10.6 Å².